The highest BCUT2D eigenvalue weighted by Gasteiger charge is 2.37. The van der Waals surface area contributed by atoms with Crippen molar-refractivity contribution in [3.8, 4) is 0 Å². The molecule has 2 aromatic rings. The largest absolute Gasteiger partial charge is 0.382 e. The van der Waals surface area contributed by atoms with Gasteiger partial charge in [-0.05, 0) is 51.3 Å². The summed E-state index contributed by atoms with van der Waals surface area (Å²) in [6, 6.07) is 2.40. The molecule has 0 spiro atoms. The Balaban J connectivity index is 1.73. The summed E-state index contributed by atoms with van der Waals surface area (Å²) >= 11 is 0. The summed E-state index contributed by atoms with van der Waals surface area (Å²) in [4.78, 5) is 6.52. The Labute approximate surface area is 137 Å². The van der Waals surface area contributed by atoms with E-state index >= 15 is 0 Å². The van der Waals surface area contributed by atoms with E-state index in [1.165, 1.54) is 5.56 Å². The van der Waals surface area contributed by atoms with Crippen LogP contribution < -0.4 is 0 Å². The fourth-order valence-corrected chi connectivity index (χ4v) is 3.17. The van der Waals surface area contributed by atoms with Crippen LogP contribution in [0.15, 0.2) is 24.7 Å². The van der Waals surface area contributed by atoms with E-state index in [0.29, 0.717) is 12.2 Å². The first-order chi connectivity index (χ1) is 11.0. The maximum Gasteiger partial charge on any atom is 0.123 e. The summed E-state index contributed by atoms with van der Waals surface area (Å²) in [7, 11) is 0. The topological polar surface area (TPSA) is 67.1 Å². The fourth-order valence-electron chi connectivity index (χ4n) is 3.17. The quantitative estimate of drug-likeness (QED) is 0.935. The minimum absolute atomic E-state index is 0.248. The van der Waals surface area contributed by atoms with Gasteiger partial charge in [-0.3, -0.25) is 9.88 Å². The number of aliphatic hydroxyl groups is 1. The predicted octanol–water partition coefficient (Wildman–Crippen LogP) is 2.05. The summed E-state index contributed by atoms with van der Waals surface area (Å²) < 4.78 is 1.80. The van der Waals surface area contributed by atoms with Crippen LogP contribution in [0.2, 0.25) is 0 Å². The number of piperidine rings is 1. The molecule has 6 nitrogen and oxygen atoms in total. The van der Waals surface area contributed by atoms with Crippen LogP contribution in [0.3, 0.4) is 0 Å². The second kappa shape index (κ2) is 6.37. The first-order valence-corrected chi connectivity index (χ1v) is 8.24. The SMILES string of the molecule is Cc1cncc(CN2CCC[C@](O)(c3cn(C(C)C)nn3)C2)c1. The normalized spacial score (nSPS) is 22.7. The number of hydrogen-bond donors (Lipinski definition) is 1. The van der Waals surface area contributed by atoms with Crippen LogP contribution in [0, 0.1) is 6.92 Å². The molecule has 6 heteroatoms. The third kappa shape index (κ3) is 3.59. The third-order valence-electron chi connectivity index (χ3n) is 4.40. The molecule has 1 aliphatic rings. The van der Waals surface area contributed by atoms with Gasteiger partial charge in [-0.15, -0.1) is 5.10 Å². The molecule has 3 heterocycles. The van der Waals surface area contributed by atoms with E-state index in [1.807, 2.05) is 25.5 Å². The Kier molecular flexibility index (Phi) is 4.46. The van der Waals surface area contributed by atoms with Crippen molar-refractivity contribution >= 4 is 0 Å². The highest BCUT2D eigenvalue weighted by molar-refractivity contribution is 5.17. The van der Waals surface area contributed by atoms with Gasteiger partial charge < -0.3 is 5.11 Å². The molecule has 1 atom stereocenters. The van der Waals surface area contributed by atoms with E-state index < -0.39 is 5.60 Å². The molecule has 1 saturated heterocycles. The zero-order valence-corrected chi connectivity index (χ0v) is 14.1. The van der Waals surface area contributed by atoms with Crippen LogP contribution in [0.5, 0.6) is 0 Å². The van der Waals surface area contributed by atoms with E-state index in [2.05, 4.69) is 40.1 Å². The van der Waals surface area contributed by atoms with Crippen molar-refractivity contribution in [2.75, 3.05) is 13.1 Å². The molecule has 0 saturated carbocycles. The first kappa shape index (κ1) is 16.1. The van der Waals surface area contributed by atoms with Crippen LogP contribution in [-0.2, 0) is 12.1 Å². The van der Waals surface area contributed by atoms with Gasteiger partial charge in [0.15, 0.2) is 0 Å². The Morgan fingerprint density at radius 3 is 2.87 bits per heavy atom. The van der Waals surface area contributed by atoms with Crippen LogP contribution in [0.25, 0.3) is 0 Å². The molecule has 0 bridgehead atoms. The summed E-state index contributed by atoms with van der Waals surface area (Å²) in [5, 5.41) is 19.4. The van der Waals surface area contributed by atoms with E-state index in [4.69, 9.17) is 0 Å². The van der Waals surface area contributed by atoms with E-state index in [1.54, 1.807) is 4.68 Å². The molecule has 23 heavy (non-hydrogen) atoms. The van der Waals surface area contributed by atoms with Gasteiger partial charge in [0.05, 0.1) is 6.20 Å². The number of β-amino-alcohol motifs (C(OH)–C–C–N with tert-alkyl or cyclic N) is 1. The minimum atomic E-state index is -0.914. The predicted molar refractivity (Wildman–Crippen MR) is 87.8 cm³/mol. The third-order valence-corrected chi connectivity index (χ3v) is 4.40. The lowest BCUT2D eigenvalue weighted by Crippen LogP contribution is -2.46. The Bertz CT molecular complexity index is 669. The summed E-state index contributed by atoms with van der Waals surface area (Å²) in [5.41, 5.74) is 2.11. The molecule has 124 valence electrons. The van der Waals surface area contributed by atoms with Crippen LogP contribution in [-0.4, -0.2) is 43.1 Å². The fraction of sp³-hybridized carbons (Fsp3) is 0.588. The molecule has 1 N–H and O–H groups in total. The number of likely N-dealkylation sites (tertiary alicyclic amines) is 1. The van der Waals surface area contributed by atoms with Gasteiger partial charge in [-0.1, -0.05) is 11.3 Å². The molecule has 0 radical (unpaired) electrons. The van der Waals surface area contributed by atoms with Gasteiger partial charge in [0, 0.05) is 31.5 Å². The van der Waals surface area contributed by atoms with Crippen LogP contribution in [0.4, 0.5) is 0 Å². The maximum absolute atomic E-state index is 11.1. The average molecular weight is 315 g/mol. The number of rotatable bonds is 4. The minimum Gasteiger partial charge on any atom is -0.382 e. The molecule has 1 fully saturated rings. The smallest absolute Gasteiger partial charge is 0.123 e. The van der Waals surface area contributed by atoms with Gasteiger partial charge >= 0.3 is 0 Å². The zero-order valence-electron chi connectivity index (χ0n) is 14.1. The number of hydrogen-bond acceptors (Lipinski definition) is 5. The molecule has 2 aromatic heterocycles. The molecule has 3 rings (SSSR count). The number of aryl methyl sites for hydroxylation is 1. The lowest BCUT2D eigenvalue weighted by molar-refractivity contribution is -0.0414. The van der Waals surface area contributed by atoms with Crippen molar-refractivity contribution in [3.05, 3.63) is 41.5 Å². The number of aromatic nitrogens is 4. The van der Waals surface area contributed by atoms with Gasteiger partial charge in [0.1, 0.15) is 11.3 Å². The van der Waals surface area contributed by atoms with Crippen molar-refractivity contribution in [2.45, 2.75) is 51.8 Å². The maximum atomic E-state index is 11.1. The van der Waals surface area contributed by atoms with Crippen molar-refractivity contribution < 1.29 is 5.11 Å². The lowest BCUT2D eigenvalue weighted by atomic mass is 9.90. The van der Waals surface area contributed by atoms with E-state index in [-0.39, 0.29) is 6.04 Å². The second-order valence-electron chi connectivity index (χ2n) is 6.89. The van der Waals surface area contributed by atoms with Crippen molar-refractivity contribution in [2.24, 2.45) is 0 Å². The Hall–Kier alpha value is -1.79. The average Bonchev–Trinajstić information content (AvgIpc) is 2.98. The van der Waals surface area contributed by atoms with Crippen LogP contribution >= 0.6 is 0 Å². The van der Waals surface area contributed by atoms with Crippen LogP contribution in [0.1, 0.15) is 49.6 Å². The van der Waals surface area contributed by atoms with Gasteiger partial charge in [0.25, 0.3) is 0 Å². The molecule has 0 aliphatic carbocycles. The van der Waals surface area contributed by atoms with E-state index in [0.717, 1.165) is 31.5 Å². The lowest BCUT2D eigenvalue weighted by Gasteiger charge is -2.38. The summed E-state index contributed by atoms with van der Waals surface area (Å²) in [6.07, 6.45) is 7.31. The summed E-state index contributed by atoms with van der Waals surface area (Å²) in [6.45, 7) is 8.52. The Morgan fingerprint density at radius 2 is 2.17 bits per heavy atom. The van der Waals surface area contributed by atoms with Crippen molar-refractivity contribution in [3.63, 3.8) is 0 Å². The molecule has 0 amide bonds. The first-order valence-electron chi connectivity index (χ1n) is 8.24. The van der Waals surface area contributed by atoms with Gasteiger partial charge in [0.2, 0.25) is 0 Å². The van der Waals surface area contributed by atoms with Crippen molar-refractivity contribution in [1.29, 1.82) is 0 Å². The molecule has 0 aromatic carbocycles. The van der Waals surface area contributed by atoms with Gasteiger partial charge in [-0.25, -0.2) is 4.68 Å². The number of pyridine rings is 1. The van der Waals surface area contributed by atoms with Crippen molar-refractivity contribution in [1.82, 2.24) is 24.9 Å². The van der Waals surface area contributed by atoms with E-state index in [9.17, 15) is 5.11 Å². The zero-order chi connectivity index (χ0) is 16.4. The molecular formula is C17H25N5O. The van der Waals surface area contributed by atoms with Gasteiger partial charge in [-0.2, -0.15) is 0 Å². The standard InChI is InChI=1S/C17H25N5O/c1-13(2)22-11-16(19-20-22)17(23)5-4-6-21(12-17)10-15-7-14(3)8-18-9-15/h7-9,11,13,23H,4-6,10,12H2,1-3H3/t17-/m1/s1. The Morgan fingerprint density at radius 1 is 1.35 bits per heavy atom. The highest BCUT2D eigenvalue weighted by Crippen LogP contribution is 2.31. The summed E-state index contributed by atoms with van der Waals surface area (Å²) in [5.74, 6) is 0. The molecule has 1 aliphatic heterocycles. The highest BCUT2D eigenvalue weighted by atomic mass is 16.3. The monoisotopic (exact) mass is 315 g/mol. The second-order valence-corrected chi connectivity index (χ2v) is 6.89. The molecular weight excluding hydrogens is 290 g/mol. The number of nitrogens with zero attached hydrogens (tertiary/aromatic N) is 5. The molecule has 0 unspecified atom stereocenters.